The Morgan fingerprint density at radius 2 is 1.78 bits per heavy atom. The highest BCUT2D eigenvalue weighted by molar-refractivity contribution is 7.86. The van der Waals surface area contributed by atoms with E-state index in [1.165, 1.54) is 6.92 Å². The highest BCUT2D eigenvalue weighted by atomic mass is 35.5. The molecular weight excluding hydrogens is 303 g/mol. The lowest BCUT2D eigenvalue weighted by Gasteiger charge is -2.10. The molecule has 18 heavy (non-hydrogen) atoms. The lowest BCUT2D eigenvalue weighted by molar-refractivity contribution is 0.220. The molecule has 0 aliphatic rings. The van der Waals surface area contributed by atoms with Gasteiger partial charge in [-0.25, -0.2) is 0 Å². The van der Waals surface area contributed by atoms with E-state index in [0.717, 1.165) is 0 Å². The summed E-state index contributed by atoms with van der Waals surface area (Å²) < 4.78 is 32.0. The molecule has 1 rings (SSSR count). The van der Waals surface area contributed by atoms with Gasteiger partial charge in [-0.15, -0.1) is 10.2 Å². The van der Waals surface area contributed by atoms with Crippen LogP contribution in [0.25, 0.3) is 0 Å². The summed E-state index contributed by atoms with van der Waals surface area (Å²) in [6.45, 7) is 3.07. The van der Waals surface area contributed by atoms with Crippen LogP contribution in [0.4, 0.5) is 0 Å². The predicted molar refractivity (Wildman–Crippen MR) is 67.7 cm³/mol. The first-order valence-corrected chi connectivity index (χ1v) is 7.39. The van der Waals surface area contributed by atoms with Crippen molar-refractivity contribution in [2.75, 3.05) is 19.0 Å². The fourth-order valence-corrected chi connectivity index (χ4v) is 1.86. The molecule has 0 fully saturated rings. The molecule has 1 aromatic heterocycles. The third-order valence-electron chi connectivity index (χ3n) is 2.01. The highest BCUT2D eigenvalue weighted by Crippen LogP contribution is 2.29. The summed E-state index contributed by atoms with van der Waals surface area (Å²) in [5.41, 5.74) is 0.537. The van der Waals surface area contributed by atoms with Crippen molar-refractivity contribution in [1.29, 1.82) is 0 Å². The molecule has 1 aromatic rings. The second-order valence-electron chi connectivity index (χ2n) is 3.25. The van der Waals surface area contributed by atoms with Crippen molar-refractivity contribution in [3.63, 3.8) is 0 Å². The number of rotatable bonds is 6. The van der Waals surface area contributed by atoms with Crippen molar-refractivity contribution < 1.29 is 17.3 Å². The van der Waals surface area contributed by atoms with E-state index in [1.807, 2.05) is 0 Å². The van der Waals surface area contributed by atoms with Crippen molar-refractivity contribution >= 4 is 33.3 Å². The first-order valence-electron chi connectivity index (χ1n) is 5.05. The predicted octanol–water partition coefficient (Wildman–Crippen LogP) is 1.84. The minimum absolute atomic E-state index is 0.0157. The Bertz CT molecular complexity index is 522. The molecule has 0 unspecified atom stereocenters. The van der Waals surface area contributed by atoms with Crippen LogP contribution < -0.4 is 4.74 Å². The fourth-order valence-electron chi connectivity index (χ4n) is 1.01. The van der Waals surface area contributed by atoms with Gasteiger partial charge in [0.05, 0.1) is 5.75 Å². The molecule has 102 valence electrons. The molecule has 0 N–H and O–H groups in total. The molecule has 0 amide bonds. The average molecular weight is 315 g/mol. The fraction of sp³-hybridized carbons (Fsp3) is 0.556. The van der Waals surface area contributed by atoms with Crippen LogP contribution in [0, 0.1) is 6.92 Å². The van der Waals surface area contributed by atoms with E-state index in [-0.39, 0.29) is 35.0 Å². The van der Waals surface area contributed by atoms with Gasteiger partial charge in [-0.2, -0.15) is 8.42 Å². The maximum absolute atomic E-state index is 11.1. The van der Waals surface area contributed by atoms with E-state index in [1.54, 1.807) is 6.92 Å². The zero-order chi connectivity index (χ0) is 13.8. The molecule has 0 aromatic carbocycles. The monoisotopic (exact) mass is 314 g/mol. The number of aromatic nitrogens is 2. The van der Waals surface area contributed by atoms with Crippen LogP contribution in [0.15, 0.2) is 0 Å². The molecule has 0 atom stereocenters. The standard InChI is InChI=1S/C9H12Cl2N2O4S/c1-3-18(14,15)17-5-4-16-7-6(2)8(10)12-13-9(7)11/h3-5H2,1-2H3. The Kier molecular flexibility index (Phi) is 5.58. The molecule has 1 heterocycles. The SMILES string of the molecule is CCS(=O)(=O)OCCOc1c(Cl)nnc(Cl)c1C. The van der Waals surface area contributed by atoms with Crippen LogP contribution in [0.2, 0.25) is 10.3 Å². The number of hydrogen-bond acceptors (Lipinski definition) is 6. The Balaban J connectivity index is 2.57. The van der Waals surface area contributed by atoms with E-state index in [0.29, 0.717) is 5.56 Å². The molecule has 9 heteroatoms. The molecule has 0 saturated heterocycles. The topological polar surface area (TPSA) is 78.4 Å². The van der Waals surface area contributed by atoms with Crippen molar-refractivity contribution in [1.82, 2.24) is 10.2 Å². The van der Waals surface area contributed by atoms with Gasteiger partial charge in [0.15, 0.2) is 16.1 Å². The molecular formula is C9H12Cl2N2O4S. The van der Waals surface area contributed by atoms with Crippen LogP contribution in [-0.2, 0) is 14.3 Å². The van der Waals surface area contributed by atoms with Crippen LogP contribution in [0.3, 0.4) is 0 Å². The third-order valence-corrected chi connectivity index (χ3v) is 3.85. The quantitative estimate of drug-likeness (QED) is 0.589. The third kappa shape index (κ3) is 4.24. The minimum atomic E-state index is -3.47. The molecule has 0 aliphatic carbocycles. The molecule has 0 bridgehead atoms. The summed E-state index contributed by atoms with van der Waals surface area (Å²) in [6.07, 6.45) is 0. The van der Waals surface area contributed by atoms with E-state index >= 15 is 0 Å². The summed E-state index contributed by atoms with van der Waals surface area (Å²) in [5.74, 6) is 0.185. The van der Waals surface area contributed by atoms with E-state index in [4.69, 9.17) is 27.9 Å². The summed E-state index contributed by atoms with van der Waals surface area (Å²) in [4.78, 5) is 0. The Morgan fingerprint density at radius 3 is 2.39 bits per heavy atom. The summed E-state index contributed by atoms with van der Waals surface area (Å²) in [7, 11) is -3.47. The van der Waals surface area contributed by atoms with Gasteiger partial charge in [-0.05, 0) is 13.8 Å². The summed E-state index contributed by atoms with van der Waals surface area (Å²) in [6, 6.07) is 0. The molecule has 6 nitrogen and oxygen atoms in total. The second-order valence-corrected chi connectivity index (χ2v) is 5.90. The van der Waals surface area contributed by atoms with Gasteiger partial charge >= 0.3 is 0 Å². The number of halogens is 2. The lowest BCUT2D eigenvalue weighted by Crippen LogP contribution is -2.14. The average Bonchev–Trinajstić information content (AvgIpc) is 2.33. The van der Waals surface area contributed by atoms with E-state index < -0.39 is 10.1 Å². The first-order chi connectivity index (χ1) is 8.37. The highest BCUT2D eigenvalue weighted by Gasteiger charge is 2.13. The first kappa shape index (κ1) is 15.4. The van der Waals surface area contributed by atoms with E-state index in [2.05, 4.69) is 14.4 Å². The van der Waals surface area contributed by atoms with Gasteiger partial charge in [0, 0.05) is 5.56 Å². The van der Waals surface area contributed by atoms with Gasteiger partial charge < -0.3 is 4.74 Å². The van der Waals surface area contributed by atoms with Crippen molar-refractivity contribution in [2.24, 2.45) is 0 Å². The normalized spacial score (nSPS) is 11.6. The van der Waals surface area contributed by atoms with Crippen molar-refractivity contribution in [3.05, 3.63) is 15.9 Å². The summed E-state index contributed by atoms with van der Waals surface area (Å²) in [5, 5.41) is 7.42. The molecule has 0 aliphatic heterocycles. The maximum Gasteiger partial charge on any atom is 0.267 e. The van der Waals surface area contributed by atoms with Gasteiger partial charge in [0.25, 0.3) is 10.1 Å². The zero-order valence-electron chi connectivity index (χ0n) is 9.81. The van der Waals surface area contributed by atoms with Crippen molar-refractivity contribution in [2.45, 2.75) is 13.8 Å². The molecule has 0 saturated carbocycles. The van der Waals surface area contributed by atoms with Crippen molar-refractivity contribution in [3.8, 4) is 5.75 Å². The molecule has 0 spiro atoms. The molecule has 0 radical (unpaired) electrons. The van der Waals surface area contributed by atoms with Crippen LogP contribution in [0.1, 0.15) is 12.5 Å². The van der Waals surface area contributed by atoms with Crippen LogP contribution >= 0.6 is 23.2 Å². The number of hydrogen-bond donors (Lipinski definition) is 0. The van der Waals surface area contributed by atoms with Gasteiger partial charge in [0.2, 0.25) is 0 Å². The number of ether oxygens (including phenoxy) is 1. The number of nitrogens with zero attached hydrogens (tertiary/aromatic N) is 2. The van der Waals surface area contributed by atoms with Crippen LogP contribution in [0.5, 0.6) is 5.75 Å². The Morgan fingerprint density at radius 1 is 1.17 bits per heavy atom. The Labute approximate surface area is 115 Å². The smallest absolute Gasteiger partial charge is 0.267 e. The van der Waals surface area contributed by atoms with Gasteiger partial charge in [-0.3, -0.25) is 4.18 Å². The maximum atomic E-state index is 11.1. The minimum Gasteiger partial charge on any atom is -0.487 e. The zero-order valence-corrected chi connectivity index (χ0v) is 12.1. The van der Waals surface area contributed by atoms with Gasteiger partial charge in [-0.1, -0.05) is 23.2 Å². The van der Waals surface area contributed by atoms with E-state index in [9.17, 15) is 8.42 Å². The lowest BCUT2D eigenvalue weighted by atomic mass is 10.3. The van der Waals surface area contributed by atoms with Gasteiger partial charge in [0.1, 0.15) is 13.2 Å². The summed E-state index contributed by atoms with van der Waals surface area (Å²) >= 11 is 11.5. The Hall–Kier alpha value is -0.630. The largest absolute Gasteiger partial charge is 0.487 e. The van der Waals surface area contributed by atoms with Crippen LogP contribution in [-0.4, -0.2) is 37.6 Å². The second kappa shape index (κ2) is 6.51.